The normalized spacial score (nSPS) is 17.3. The highest BCUT2D eigenvalue weighted by atomic mass is 16.6. The average Bonchev–Trinajstić information content (AvgIpc) is 2.92. The minimum Gasteiger partial charge on any atom is -0.463 e. The zero-order valence-electron chi connectivity index (χ0n) is 24.1. The molecule has 0 aromatic heterocycles. The van der Waals surface area contributed by atoms with Crippen molar-refractivity contribution in [3.8, 4) is 0 Å². The Morgan fingerprint density at radius 1 is 1.00 bits per heavy atom. The maximum Gasteiger partial charge on any atom is 0.407 e. The molecule has 0 saturated carbocycles. The maximum atomic E-state index is 13.4. The summed E-state index contributed by atoms with van der Waals surface area (Å²) in [6, 6.07) is -2.44. The quantitative estimate of drug-likeness (QED) is 0.0773. The van der Waals surface area contributed by atoms with E-state index in [1.54, 1.807) is 13.0 Å². The predicted octanol–water partition coefficient (Wildman–Crippen LogP) is 0.913. The van der Waals surface area contributed by atoms with E-state index < -0.39 is 48.1 Å². The molecule has 0 bridgehead atoms. The van der Waals surface area contributed by atoms with E-state index in [0.29, 0.717) is 32.4 Å². The first-order valence-electron chi connectivity index (χ1n) is 13.6. The number of esters is 1. The van der Waals surface area contributed by atoms with Crippen molar-refractivity contribution in [3.63, 3.8) is 0 Å². The number of hydrogen-bond acceptors (Lipinski definition) is 10. The highest BCUT2D eigenvalue weighted by Gasteiger charge is 2.29. The van der Waals surface area contributed by atoms with Gasteiger partial charge in [0, 0.05) is 25.2 Å². The van der Waals surface area contributed by atoms with Crippen molar-refractivity contribution < 1.29 is 43.0 Å². The van der Waals surface area contributed by atoms with Gasteiger partial charge in [0.25, 0.3) is 0 Å². The van der Waals surface area contributed by atoms with Gasteiger partial charge in [-0.25, -0.2) is 19.9 Å². The van der Waals surface area contributed by atoms with Crippen LogP contribution in [0.2, 0.25) is 0 Å². The lowest BCUT2D eigenvalue weighted by molar-refractivity contribution is -0.137. The first kappa shape index (κ1) is 34.6. The number of hydroxylamine groups is 1. The van der Waals surface area contributed by atoms with Gasteiger partial charge in [-0.3, -0.25) is 9.59 Å². The van der Waals surface area contributed by atoms with E-state index in [9.17, 15) is 24.0 Å². The van der Waals surface area contributed by atoms with Gasteiger partial charge in [0.15, 0.2) is 0 Å². The predicted molar refractivity (Wildman–Crippen MR) is 145 cm³/mol. The highest BCUT2D eigenvalue weighted by molar-refractivity contribution is 5.91. The van der Waals surface area contributed by atoms with Crippen LogP contribution in [-0.2, 0) is 33.4 Å². The molecule has 14 heteroatoms. The van der Waals surface area contributed by atoms with Gasteiger partial charge in [0.2, 0.25) is 11.8 Å². The fraction of sp³-hybridized carbons (Fsp3) is 0.731. The fourth-order valence-corrected chi connectivity index (χ4v) is 4.01. The van der Waals surface area contributed by atoms with Crippen molar-refractivity contribution in [1.82, 2.24) is 26.7 Å². The van der Waals surface area contributed by atoms with Gasteiger partial charge in [0.1, 0.15) is 12.1 Å². The summed E-state index contributed by atoms with van der Waals surface area (Å²) in [5, 5.41) is 10.7. The molecule has 0 spiro atoms. The number of alkyl carbamates (subject to hydrolysis) is 2. The molecule has 1 heterocycles. The zero-order valence-corrected chi connectivity index (χ0v) is 24.1. The SMILES string of the molecule is CCOC(=O)/C=C/[C@H](C[C@@H]1CCNOC1)NC(=O)[C@H](CC(C)C)NC(=O)[C@H](CCCNC(=O)OC)NC(=O)OC. The van der Waals surface area contributed by atoms with E-state index in [4.69, 9.17) is 9.57 Å². The lowest BCUT2D eigenvalue weighted by Gasteiger charge is -2.28. The van der Waals surface area contributed by atoms with Gasteiger partial charge in [-0.1, -0.05) is 19.9 Å². The monoisotopic (exact) mass is 571 g/mol. The Morgan fingerprint density at radius 2 is 1.70 bits per heavy atom. The molecule has 0 radical (unpaired) electrons. The molecule has 0 aromatic rings. The molecule has 1 aliphatic rings. The van der Waals surface area contributed by atoms with Crippen molar-refractivity contribution in [2.45, 2.75) is 71.0 Å². The third-order valence-corrected chi connectivity index (χ3v) is 6.00. The lowest BCUT2D eigenvalue weighted by atomic mass is 9.95. The van der Waals surface area contributed by atoms with Crippen LogP contribution >= 0.6 is 0 Å². The van der Waals surface area contributed by atoms with Gasteiger partial charge in [-0.05, 0) is 50.9 Å². The first-order valence-corrected chi connectivity index (χ1v) is 13.6. The molecule has 40 heavy (non-hydrogen) atoms. The Balaban J connectivity index is 2.98. The van der Waals surface area contributed by atoms with Crippen molar-refractivity contribution in [3.05, 3.63) is 12.2 Å². The number of ether oxygens (including phenoxy) is 3. The standard InChI is InChI=1S/C26H45N5O9/c1-6-39-22(32)10-9-19(15-18-11-13-28-40-16-18)29-24(34)21(14-17(2)3)30-23(33)20(31-26(36)38-5)8-7-12-27-25(35)37-4/h9-10,17-21,28H,6-8,11-16H2,1-5H3,(H,27,35)(H,29,34)(H,30,33)(H,31,36)/b10-9+/t18-,19+,20-,21-/m0/s1. The van der Waals surface area contributed by atoms with Gasteiger partial charge < -0.3 is 40.3 Å². The summed E-state index contributed by atoms with van der Waals surface area (Å²) >= 11 is 0. The van der Waals surface area contributed by atoms with Crippen LogP contribution in [0.25, 0.3) is 0 Å². The fourth-order valence-electron chi connectivity index (χ4n) is 4.01. The summed E-state index contributed by atoms with van der Waals surface area (Å²) in [6.45, 7) is 7.10. The van der Waals surface area contributed by atoms with Gasteiger partial charge in [0.05, 0.1) is 27.4 Å². The van der Waals surface area contributed by atoms with Crippen molar-refractivity contribution in [2.75, 3.05) is 40.5 Å². The Kier molecular flexibility index (Phi) is 17.0. The summed E-state index contributed by atoms with van der Waals surface area (Å²) in [6.07, 6.45) is 3.64. The lowest BCUT2D eigenvalue weighted by Crippen LogP contribution is -2.55. The molecule has 5 N–H and O–H groups in total. The molecule has 1 rings (SSSR count). The molecule has 1 fully saturated rings. The first-order chi connectivity index (χ1) is 19.1. The van der Waals surface area contributed by atoms with Crippen LogP contribution in [0.5, 0.6) is 0 Å². The molecule has 4 atom stereocenters. The molecule has 0 aliphatic carbocycles. The Bertz CT molecular complexity index is 846. The molecule has 0 unspecified atom stereocenters. The van der Waals surface area contributed by atoms with Crippen molar-refractivity contribution >= 4 is 30.0 Å². The van der Waals surface area contributed by atoms with E-state index in [2.05, 4.69) is 36.2 Å². The van der Waals surface area contributed by atoms with Crippen LogP contribution in [0.3, 0.4) is 0 Å². The third-order valence-electron chi connectivity index (χ3n) is 6.00. The van der Waals surface area contributed by atoms with Gasteiger partial charge in [-0.15, -0.1) is 0 Å². The second-order valence-electron chi connectivity index (χ2n) is 9.76. The molecule has 1 aliphatic heterocycles. The van der Waals surface area contributed by atoms with Gasteiger partial charge >= 0.3 is 18.2 Å². The Morgan fingerprint density at radius 3 is 2.30 bits per heavy atom. The topological polar surface area (TPSA) is 182 Å². The van der Waals surface area contributed by atoms with Crippen LogP contribution in [-0.4, -0.2) is 88.6 Å². The average molecular weight is 572 g/mol. The summed E-state index contributed by atoms with van der Waals surface area (Å²) in [5.74, 6) is -1.33. The van der Waals surface area contributed by atoms with Crippen LogP contribution in [0.15, 0.2) is 12.2 Å². The van der Waals surface area contributed by atoms with Crippen LogP contribution in [0.1, 0.15) is 52.9 Å². The second-order valence-corrected chi connectivity index (χ2v) is 9.76. The van der Waals surface area contributed by atoms with Gasteiger partial charge in [-0.2, -0.15) is 0 Å². The number of amides is 4. The van der Waals surface area contributed by atoms with Crippen LogP contribution in [0.4, 0.5) is 9.59 Å². The zero-order chi connectivity index (χ0) is 29.9. The molecule has 0 aromatic carbocycles. The summed E-state index contributed by atoms with van der Waals surface area (Å²) in [4.78, 5) is 67.0. The largest absolute Gasteiger partial charge is 0.463 e. The van der Waals surface area contributed by atoms with E-state index >= 15 is 0 Å². The smallest absolute Gasteiger partial charge is 0.407 e. The van der Waals surface area contributed by atoms with E-state index in [0.717, 1.165) is 6.42 Å². The van der Waals surface area contributed by atoms with Crippen LogP contribution < -0.4 is 26.7 Å². The molecule has 14 nitrogen and oxygen atoms in total. The van der Waals surface area contributed by atoms with E-state index in [-0.39, 0.29) is 31.4 Å². The summed E-state index contributed by atoms with van der Waals surface area (Å²) < 4.78 is 14.1. The maximum absolute atomic E-state index is 13.4. The van der Waals surface area contributed by atoms with E-state index in [1.165, 1.54) is 20.3 Å². The minimum atomic E-state index is -1.01. The number of carbonyl (C=O) groups is 5. The van der Waals surface area contributed by atoms with Crippen LogP contribution in [0, 0.1) is 11.8 Å². The molecular weight excluding hydrogens is 526 g/mol. The highest BCUT2D eigenvalue weighted by Crippen LogP contribution is 2.16. The number of hydrogen-bond donors (Lipinski definition) is 5. The minimum absolute atomic E-state index is 0.0543. The summed E-state index contributed by atoms with van der Waals surface area (Å²) in [7, 11) is 2.41. The number of carbonyl (C=O) groups excluding carboxylic acids is 5. The van der Waals surface area contributed by atoms with Crippen molar-refractivity contribution in [1.29, 1.82) is 0 Å². The number of rotatable bonds is 16. The van der Waals surface area contributed by atoms with Crippen molar-refractivity contribution in [2.24, 2.45) is 11.8 Å². The molecule has 1 saturated heterocycles. The number of nitrogens with one attached hydrogen (secondary N) is 5. The third kappa shape index (κ3) is 14.7. The Labute approximate surface area is 235 Å². The van der Waals surface area contributed by atoms with E-state index in [1.807, 2.05) is 13.8 Å². The molecule has 4 amide bonds. The molecular formula is C26H45N5O9. The summed E-state index contributed by atoms with van der Waals surface area (Å²) in [5.41, 5.74) is 2.82. The second kappa shape index (κ2) is 19.6. The Hall–Kier alpha value is -3.39. The number of methoxy groups -OCH3 is 2. The molecule has 228 valence electrons.